The van der Waals surface area contributed by atoms with Gasteiger partial charge in [0.25, 0.3) is 0 Å². The van der Waals surface area contributed by atoms with Gasteiger partial charge in [-0.3, -0.25) is 4.79 Å². The lowest BCUT2D eigenvalue weighted by molar-refractivity contribution is 0.0981. The first-order valence-electron chi connectivity index (χ1n) is 9.11. The molecule has 3 aromatic rings. The molecule has 26 heavy (non-hydrogen) atoms. The number of fused-ring (bicyclic) bond motifs is 1. The van der Waals surface area contributed by atoms with Gasteiger partial charge in [-0.05, 0) is 30.5 Å². The fraction of sp³-hybridized carbons (Fsp3) is 0.208. The number of benzene rings is 3. The van der Waals surface area contributed by atoms with Crippen LogP contribution in [-0.4, -0.2) is 11.0 Å². The van der Waals surface area contributed by atoms with Crippen molar-refractivity contribution in [1.82, 2.24) is 0 Å². The van der Waals surface area contributed by atoms with Gasteiger partial charge in [0, 0.05) is 28.0 Å². The van der Waals surface area contributed by atoms with Gasteiger partial charge in [-0.2, -0.15) is 0 Å². The Hall–Kier alpha value is -2.32. The van der Waals surface area contributed by atoms with Crippen molar-refractivity contribution in [1.29, 1.82) is 0 Å². The number of carbonyl (C=O) groups is 1. The molecule has 4 rings (SSSR count). The van der Waals surface area contributed by atoms with Crippen LogP contribution in [0.25, 0.3) is 0 Å². The number of Topliss-reactive ketones (excluding diaryl/α,β-unsaturated/α-hetero) is 1. The summed E-state index contributed by atoms with van der Waals surface area (Å²) in [5, 5.41) is 0.309. The van der Waals surface area contributed by atoms with Crippen LogP contribution >= 0.6 is 11.8 Å². The van der Waals surface area contributed by atoms with E-state index in [-0.39, 0.29) is 5.78 Å². The van der Waals surface area contributed by atoms with Crippen molar-refractivity contribution >= 4 is 17.5 Å². The molecule has 2 atom stereocenters. The maximum atomic E-state index is 12.8. The largest absolute Gasteiger partial charge is 0.294 e. The molecule has 0 aliphatic carbocycles. The van der Waals surface area contributed by atoms with E-state index in [9.17, 15) is 4.79 Å². The highest BCUT2D eigenvalue weighted by Crippen LogP contribution is 2.46. The van der Waals surface area contributed by atoms with Crippen LogP contribution in [-0.2, 0) is 0 Å². The third kappa shape index (κ3) is 3.61. The van der Waals surface area contributed by atoms with Gasteiger partial charge in [0.1, 0.15) is 0 Å². The Bertz CT molecular complexity index is 899. The summed E-state index contributed by atoms with van der Waals surface area (Å²) >= 11 is 1.86. The predicted molar refractivity (Wildman–Crippen MR) is 109 cm³/mol. The van der Waals surface area contributed by atoms with Gasteiger partial charge in [0.05, 0.1) is 0 Å². The van der Waals surface area contributed by atoms with Crippen molar-refractivity contribution in [3.05, 3.63) is 101 Å². The summed E-state index contributed by atoms with van der Waals surface area (Å²) in [6, 6.07) is 27.3. The molecule has 1 aliphatic heterocycles. The Morgan fingerprint density at radius 3 is 2.38 bits per heavy atom. The number of thioether (sulfide) groups is 1. The van der Waals surface area contributed by atoms with Crippen molar-refractivity contribution in [3.63, 3.8) is 0 Å². The Kier molecular flexibility index (Phi) is 4.94. The Labute approximate surface area is 159 Å². The fourth-order valence-corrected chi connectivity index (χ4v) is 5.07. The van der Waals surface area contributed by atoms with Gasteiger partial charge in [-0.25, -0.2) is 0 Å². The first-order chi connectivity index (χ1) is 12.7. The predicted octanol–water partition coefficient (Wildman–Crippen LogP) is 6.26. The van der Waals surface area contributed by atoms with Crippen molar-refractivity contribution in [2.45, 2.75) is 35.8 Å². The quantitative estimate of drug-likeness (QED) is 0.512. The van der Waals surface area contributed by atoms with E-state index in [0.29, 0.717) is 17.6 Å². The second-order valence-electron chi connectivity index (χ2n) is 6.97. The summed E-state index contributed by atoms with van der Waals surface area (Å²) in [5.74, 6) is 0.609. The van der Waals surface area contributed by atoms with Crippen LogP contribution in [0.2, 0.25) is 0 Å². The molecule has 0 aromatic heterocycles. The van der Waals surface area contributed by atoms with Crippen LogP contribution in [0, 0.1) is 6.92 Å². The van der Waals surface area contributed by atoms with Gasteiger partial charge in [-0.1, -0.05) is 78.4 Å². The third-order valence-electron chi connectivity index (χ3n) is 5.08. The zero-order valence-corrected chi connectivity index (χ0v) is 15.7. The van der Waals surface area contributed by atoms with Gasteiger partial charge in [0.15, 0.2) is 5.78 Å². The smallest absolute Gasteiger partial charge is 0.163 e. The molecule has 0 saturated heterocycles. The third-order valence-corrected chi connectivity index (χ3v) is 6.39. The minimum Gasteiger partial charge on any atom is -0.294 e. The lowest BCUT2D eigenvalue weighted by Crippen LogP contribution is -2.20. The number of hydrogen-bond acceptors (Lipinski definition) is 2. The molecule has 2 heteroatoms. The zero-order chi connectivity index (χ0) is 17.9. The lowest BCUT2D eigenvalue weighted by atomic mass is 9.85. The van der Waals surface area contributed by atoms with Crippen molar-refractivity contribution < 1.29 is 4.79 Å². The van der Waals surface area contributed by atoms with Crippen LogP contribution in [0.5, 0.6) is 0 Å². The van der Waals surface area contributed by atoms with Gasteiger partial charge < -0.3 is 0 Å². The summed E-state index contributed by atoms with van der Waals surface area (Å²) in [6.07, 6.45) is 1.59. The van der Waals surface area contributed by atoms with Crippen LogP contribution < -0.4 is 0 Å². The molecule has 1 heterocycles. The zero-order valence-electron chi connectivity index (χ0n) is 14.9. The Morgan fingerprint density at radius 1 is 0.923 bits per heavy atom. The van der Waals surface area contributed by atoms with E-state index < -0.39 is 0 Å². The standard InChI is InChI=1S/C24H22OS/c1-17-11-13-19(14-12-17)23(25)16-20-15-22(18-7-3-2-4-8-18)21-9-5-6-10-24(21)26-20/h2-14,20,22H,15-16H2,1H3/t20-,22+/m0/s1. The molecule has 1 nitrogen and oxygen atoms in total. The van der Waals surface area contributed by atoms with E-state index in [2.05, 4.69) is 54.6 Å². The van der Waals surface area contributed by atoms with Crippen LogP contribution in [0.15, 0.2) is 83.8 Å². The minimum absolute atomic E-state index is 0.244. The maximum absolute atomic E-state index is 12.8. The Morgan fingerprint density at radius 2 is 1.62 bits per heavy atom. The number of carbonyl (C=O) groups excluding carboxylic acids is 1. The number of ketones is 1. The second kappa shape index (κ2) is 7.51. The van der Waals surface area contributed by atoms with E-state index in [1.807, 2.05) is 43.0 Å². The average molecular weight is 359 g/mol. The minimum atomic E-state index is 0.244. The molecular formula is C24H22OS. The molecule has 0 spiro atoms. The molecule has 0 N–H and O–H groups in total. The highest BCUT2D eigenvalue weighted by molar-refractivity contribution is 8.00. The molecule has 0 bridgehead atoms. The van der Waals surface area contributed by atoms with Crippen molar-refractivity contribution in [2.75, 3.05) is 0 Å². The molecule has 3 aromatic carbocycles. The van der Waals surface area contributed by atoms with Crippen LogP contribution in [0.3, 0.4) is 0 Å². The summed E-state index contributed by atoms with van der Waals surface area (Å²) in [7, 11) is 0. The van der Waals surface area contributed by atoms with E-state index >= 15 is 0 Å². The number of rotatable bonds is 4. The lowest BCUT2D eigenvalue weighted by Gasteiger charge is -2.31. The van der Waals surface area contributed by atoms with Gasteiger partial charge in [-0.15, -0.1) is 11.8 Å². The molecule has 1 aliphatic rings. The van der Waals surface area contributed by atoms with E-state index in [1.54, 1.807) is 0 Å². The van der Waals surface area contributed by atoms with Crippen molar-refractivity contribution in [3.8, 4) is 0 Å². The summed E-state index contributed by atoms with van der Waals surface area (Å²) in [6.45, 7) is 2.05. The van der Waals surface area contributed by atoms with Crippen LogP contribution in [0.4, 0.5) is 0 Å². The van der Waals surface area contributed by atoms with Crippen LogP contribution in [0.1, 0.15) is 45.8 Å². The highest BCUT2D eigenvalue weighted by Gasteiger charge is 2.29. The maximum Gasteiger partial charge on any atom is 0.163 e. The summed E-state index contributed by atoms with van der Waals surface area (Å²) in [5.41, 5.74) is 4.74. The SMILES string of the molecule is Cc1ccc(C(=O)C[C@@H]2C[C@H](c3ccccc3)c3ccccc3S2)cc1. The molecule has 0 unspecified atom stereocenters. The molecule has 130 valence electrons. The molecule has 0 amide bonds. The van der Waals surface area contributed by atoms with Gasteiger partial charge in [0.2, 0.25) is 0 Å². The van der Waals surface area contributed by atoms with Crippen molar-refractivity contribution in [2.24, 2.45) is 0 Å². The monoisotopic (exact) mass is 358 g/mol. The number of hydrogen-bond donors (Lipinski definition) is 0. The van der Waals surface area contributed by atoms with Gasteiger partial charge >= 0.3 is 0 Å². The molecular weight excluding hydrogens is 336 g/mol. The molecule has 0 saturated carbocycles. The number of aryl methyl sites for hydroxylation is 1. The first-order valence-corrected chi connectivity index (χ1v) is 9.99. The fourth-order valence-electron chi connectivity index (χ4n) is 3.68. The Balaban J connectivity index is 1.59. The van der Waals surface area contributed by atoms with E-state index in [4.69, 9.17) is 0 Å². The topological polar surface area (TPSA) is 17.1 Å². The average Bonchev–Trinajstić information content (AvgIpc) is 2.68. The summed E-state index contributed by atoms with van der Waals surface area (Å²) in [4.78, 5) is 14.1. The summed E-state index contributed by atoms with van der Waals surface area (Å²) < 4.78 is 0. The molecule has 0 radical (unpaired) electrons. The second-order valence-corrected chi connectivity index (χ2v) is 8.31. The van der Waals surface area contributed by atoms with E-state index in [0.717, 1.165) is 12.0 Å². The first kappa shape index (κ1) is 17.1. The normalized spacial score (nSPS) is 19.0. The molecule has 0 fully saturated rings. The van der Waals surface area contributed by atoms with E-state index in [1.165, 1.54) is 21.6 Å². The highest BCUT2D eigenvalue weighted by atomic mass is 32.2.